The molecule has 2 aliphatic rings. The second kappa shape index (κ2) is 6.81. The standard InChI is InChI=1S/C26H25N/c27-26(18-10-2-1-3-11-18)24-17-9-8-16-23(24)25-21-14-6-4-12-19(21)20-13-5-7-15-22(20)25/h1-7,10-15,23-25,27H,8-9,16-17H2. The van der Waals surface area contributed by atoms with Crippen LogP contribution in [-0.2, 0) is 0 Å². The van der Waals surface area contributed by atoms with Crippen molar-refractivity contribution < 1.29 is 0 Å². The Morgan fingerprint density at radius 2 is 1.22 bits per heavy atom. The van der Waals surface area contributed by atoms with Crippen molar-refractivity contribution in [3.05, 3.63) is 95.6 Å². The topological polar surface area (TPSA) is 23.9 Å². The summed E-state index contributed by atoms with van der Waals surface area (Å²) in [5.41, 5.74) is 7.66. The Bertz CT molecular complexity index is 927. The minimum atomic E-state index is 0.338. The van der Waals surface area contributed by atoms with Gasteiger partial charge in [-0.3, -0.25) is 0 Å². The van der Waals surface area contributed by atoms with Crippen molar-refractivity contribution in [2.75, 3.05) is 0 Å². The molecule has 3 aromatic rings. The number of benzene rings is 3. The van der Waals surface area contributed by atoms with Crippen molar-refractivity contribution in [3.63, 3.8) is 0 Å². The number of rotatable bonds is 3. The van der Waals surface area contributed by atoms with Crippen LogP contribution in [0.25, 0.3) is 11.1 Å². The molecule has 2 unspecified atom stereocenters. The van der Waals surface area contributed by atoms with Crippen molar-refractivity contribution >= 4 is 5.71 Å². The van der Waals surface area contributed by atoms with E-state index in [2.05, 4.69) is 72.8 Å². The second-order valence-corrected chi connectivity index (χ2v) is 7.99. The normalized spacial score (nSPS) is 21.5. The van der Waals surface area contributed by atoms with Crippen LogP contribution in [0.3, 0.4) is 0 Å². The molecule has 1 nitrogen and oxygen atoms in total. The van der Waals surface area contributed by atoms with E-state index in [1.807, 2.05) is 6.07 Å². The average Bonchev–Trinajstić information content (AvgIpc) is 3.08. The highest BCUT2D eigenvalue weighted by atomic mass is 14.5. The zero-order valence-corrected chi connectivity index (χ0v) is 15.6. The van der Waals surface area contributed by atoms with Crippen LogP contribution in [0, 0.1) is 17.2 Å². The molecule has 0 saturated heterocycles. The summed E-state index contributed by atoms with van der Waals surface area (Å²) in [5.74, 6) is 1.27. The molecule has 1 N–H and O–H groups in total. The maximum atomic E-state index is 8.99. The van der Waals surface area contributed by atoms with Crippen molar-refractivity contribution in [2.45, 2.75) is 31.6 Å². The third-order valence-corrected chi connectivity index (χ3v) is 6.59. The van der Waals surface area contributed by atoms with E-state index in [-0.39, 0.29) is 0 Å². The van der Waals surface area contributed by atoms with E-state index in [0.717, 1.165) is 17.7 Å². The molecule has 0 bridgehead atoms. The van der Waals surface area contributed by atoms with Crippen LogP contribution >= 0.6 is 0 Å². The molecule has 0 spiro atoms. The average molecular weight is 351 g/mol. The van der Waals surface area contributed by atoms with Crippen molar-refractivity contribution in [1.82, 2.24) is 0 Å². The monoisotopic (exact) mass is 351 g/mol. The van der Waals surface area contributed by atoms with Gasteiger partial charge in [0.05, 0.1) is 0 Å². The highest BCUT2D eigenvalue weighted by molar-refractivity contribution is 6.00. The molecule has 0 heterocycles. The third-order valence-electron chi connectivity index (χ3n) is 6.59. The van der Waals surface area contributed by atoms with E-state index in [9.17, 15) is 0 Å². The Morgan fingerprint density at radius 3 is 1.89 bits per heavy atom. The predicted octanol–water partition coefficient (Wildman–Crippen LogP) is 6.67. The SMILES string of the molecule is N=C(c1ccccc1)C1CCCCC1C1c2ccccc2-c2ccccc21. The Hall–Kier alpha value is -2.67. The maximum Gasteiger partial charge on any atom is 0.0420 e. The van der Waals surface area contributed by atoms with Gasteiger partial charge in [0.1, 0.15) is 0 Å². The lowest BCUT2D eigenvalue weighted by Crippen LogP contribution is -2.31. The zero-order chi connectivity index (χ0) is 18.2. The molecule has 1 fully saturated rings. The Balaban J connectivity index is 1.59. The van der Waals surface area contributed by atoms with Crippen molar-refractivity contribution in [2.24, 2.45) is 11.8 Å². The van der Waals surface area contributed by atoms with E-state index in [1.54, 1.807) is 0 Å². The van der Waals surface area contributed by atoms with Gasteiger partial charge >= 0.3 is 0 Å². The van der Waals surface area contributed by atoms with Gasteiger partial charge in [-0.1, -0.05) is 91.7 Å². The van der Waals surface area contributed by atoms with Gasteiger partial charge in [0.2, 0.25) is 0 Å². The Morgan fingerprint density at radius 1 is 0.667 bits per heavy atom. The molecular weight excluding hydrogens is 326 g/mol. The van der Waals surface area contributed by atoms with Gasteiger partial charge in [0.25, 0.3) is 0 Å². The van der Waals surface area contributed by atoms with E-state index >= 15 is 0 Å². The maximum absolute atomic E-state index is 8.99. The number of nitrogens with one attached hydrogen (secondary N) is 1. The lowest BCUT2D eigenvalue weighted by atomic mass is 9.67. The lowest BCUT2D eigenvalue weighted by molar-refractivity contribution is 0.276. The van der Waals surface area contributed by atoms with Crippen LogP contribution < -0.4 is 0 Å². The van der Waals surface area contributed by atoms with Gasteiger partial charge in [0, 0.05) is 17.5 Å². The highest BCUT2D eigenvalue weighted by Crippen LogP contribution is 2.53. The van der Waals surface area contributed by atoms with Crippen LogP contribution in [0.1, 0.15) is 48.3 Å². The van der Waals surface area contributed by atoms with Gasteiger partial charge in [0.15, 0.2) is 0 Å². The van der Waals surface area contributed by atoms with Crippen molar-refractivity contribution in [3.8, 4) is 11.1 Å². The summed E-state index contributed by atoms with van der Waals surface area (Å²) in [6, 6.07) is 28.2. The first kappa shape index (κ1) is 16.5. The minimum absolute atomic E-state index is 0.338. The molecule has 0 radical (unpaired) electrons. The summed E-state index contributed by atoms with van der Waals surface area (Å²) in [5, 5.41) is 8.99. The molecule has 1 saturated carbocycles. The van der Waals surface area contributed by atoms with Crippen LogP contribution in [0.4, 0.5) is 0 Å². The zero-order valence-electron chi connectivity index (χ0n) is 15.6. The van der Waals surface area contributed by atoms with Gasteiger partial charge in [-0.25, -0.2) is 0 Å². The van der Waals surface area contributed by atoms with Gasteiger partial charge in [-0.05, 0) is 46.6 Å². The molecule has 134 valence electrons. The summed E-state index contributed by atoms with van der Waals surface area (Å²) in [4.78, 5) is 0. The van der Waals surface area contributed by atoms with E-state index < -0.39 is 0 Å². The highest BCUT2D eigenvalue weighted by Gasteiger charge is 2.40. The first-order chi connectivity index (χ1) is 13.3. The molecule has 0 amide bonds. The van der Waals surface area contributed by atoms with Crippen LogP contribution in [0.2, 0.25) is 0 Å². The van der Waals surface area contributed by atoms with Crippen molar-refractivity contribution in [1.29, 1.82) is 5.41 Å². The molecule has 1 heteroatoms. The van der Waals surface area contributed by atoms with E-state index in [1.165, 1.54) is 41.5 Å². The van der Waals surface area contributed by atoms with Crippen LogP contribution in [0.5, 0.6) is 0 Å². The van der Waals surface area contributed by atoms with Gasteiger partial charge in [-0.15, -0.1) is 0 Å². The lowest BCUT2D eigenvalue weighted by Gasteiger charge is -2.37. The fourth-order valence-corrected chi connectivity index (χ4v) is 5.40. The summed E-state index contributed by atoms with van der Waals surface area (Å²) in [6.45, 7) is 0. The van der Waals surface area contributed by atoms with Crippen LogP contribution in [0.15, 0.2) is 78.9 Å². The number of hydrogen-bond donors (Lipinski definition) is 1. The smallest absolute Gasteiger partial charge is 0.0420 e. The van der Waals surface area contributed by atoms with E-state index in [0.29, 0.717) is 17.8 Å². The molecule has 2 aliphatic carbocycles. The fraction of sp³-hybridized carbons (Fsp3) is 0.269. The summed E-state index contributed by atoms with van der Waals surface area (Å²) >= 11 is 0. The predicted molar refractivity (Wildman–Crippen MR) is 112 cm³/mol. The van der Waals surface area contributed by atoms with E-state index in [4.69, 9.17) is 5.41 Å². The first-order valence-electron chi connectivity index (χ1n) is 10.2. The molecule has 0 aromatic heterocycles. The molecular formula is C26H25N. The van der Waals surface area contributed by atoms with Crippen LogP contribution in [-0.4, -0.2) is 5.71 Å². The summed E-state index contributed by atoms with van der Waals surface area (Å²) in [7, 11) is 0. The second-order valence-electron chi connectivity index (χ2n) is 7.99. The minimum Gasteiger partial charge on any atom is -0.304 e. The first-order valence-corrected chi connectivity index (χ1v) is 10.2. The largest absolute Gasteiger partial charge is 0.304 e. The number of hydrogen-bond acceptors (Lipinski definition) is 1. The molecule has 3 aromatic carbocycles. The fourth-order valence-electron chi connectivity index (χ4n) is 5.40. The third kappa shape index (κ3) is 2.73. The quantitative estimate of drug-likeness (QED) is 0.509. The Kier molecular flexibility index (Phi) is 4.16. The van der Waals surface area contributed by atoms with Gasteiger partial charge < -0.3 is 5.41 Å². The number of fused-ring (bicyclic) bond motifs is 3. The van der Waals surface area contributed by atoms with Gasteiger partial charge in [-0.2, -0.15) is 0 Å². The summed E-state index contributed by atoms with van der Waals surface area (Å²) in [6.07, 6.45) is 4.88. The molecule has 0 aliphatic heterocycles. The summed E-state index contributed by atoms with van der Waals surface area (Å²) < 4.78 is 0. The Labute approximate surface area is 161 Å². The molecule has 5 rings (SSSR count). The molecule has 2 atom stereocenters. The molecule has 27 heavy (non-hydrogen) atoms.